The van der Waals surface area contributed by atoms with Crippen LogP contribution in [0.2, 0.25) is 0 Å². The van der Waals surface area contributed by atoms with Gasteiger partial charge in [0.05, 0.1) is 0 Å². The van der Waals surface area contributed by atoms with Gasteiger partial charge in [-0.3, -0.25) is 9.59 Å². The zero-order chi connectivity index (χ0) is 13.4. The molecule has 1 amide bonds. The Hall–Kier alpha value is -1.06. The minimum absolute atomic E-state index is 0.0520. The summed E-state index contributed by atoms with van der Waals surface area (Å²) in [4.78, 5) is 24.7. The van der Waals surface area contributed by atoms with Crippen LogP contribution in [0.15, 0.2) is 0 Å². The van der Waals surface area contributed by atoms with Crippen LogP contribution in [0.25, 0.3) is 0 Å². The fraction of sp³-hybridized carbons (Fsp3) is 0.857. The summed E-state index contributed by atoms with van der Waals surface area (Å²) in [6.45, 7) is 2.38. The molecular formula is C14H25NO3. The van der Waals surface area contributed by atoms with E-state index in [1.165, 1.54) is 24.2 Å². The van der Waals surface area contributed by atoms with E-state index < -0.39 is 5.97 Å². The summed E-state index contributed by atoms with van der Waals surface area (Å²) >= 11 is 0. The number of carboxylic acid groups (broad SMARTS) is 1. The predicted molar refractivity (Wildman–Crippen MR) is 70.3 cm³/mol. The average Bonchev–Trinajstić information content (AvgIpc) is 2.26. The van der Waals surface area contributed by atoms with Gasteiger partial charge in [-0.2, -0.15) is 0 Å². The Morgan fingerprint density at radius 3 is 2.17 bits per heavy atom. The van der Waals surface area contributed by atoms with Gasteiger partial charge in [0, 0.05) is 12.5 Å². The van der Waals surface area contributed by atoms with Crippen LogP contribution in [-0.4, -0.2) is 35.0 Å². The van der Waals surface area contributed by atoms with Gasteiger partial charge in [-0.05, 0) is 19.3 Å². The Morgan fingerprint density at radius 2 is 1.67 bits per heavy atom. The van der Waals surface area contributed by atoms with E-state index in [4.69, 9.17) is 5.11 Å². The van der Waals surface area contributed by atoms with Crippen molar-refractivity contribution < 1.29 is 14.7 Å². The molecule has 0 atom stereocenters. The number of hydrogen-bond acceptors (Lipinski definition) is 2. The third-order valence-electron chi connectivity index (χ3n) is 3.59. The van der Waals surface area contributed by atoms with Crippen molar-refractivity contribution in [1.82, 2.24) is 4.90 Å². The minimum atomic E-state index is -0.914. The summed E-state index contributed by atoms with van der Waals surface area (Å²) in [5, 5.41) is 8.86. The molecule has 18 heavy (non-hydrogen) atoms. The molecule has 0 aliphatic heterocycles. The standard InChI is InChI=1S/C14H25NO3/c1-2-10-15(11-13(16)17)14(18)12-8-6-4-3-5-7-9-12/h12H,2-11H2,1H3,(H,16,17). The number of aliphatic carboxylic acids is 1. The number of hydrogen-bond donors (Lipinski definition) is 1. The molecule has 0 aromatic rings. The van der Waals surface area contributed by atoms with E-state index in [0.717, 1.165) is 32.1 Å². The highest BCUT2D eigenvalue weighted by Gasteiger charge is 2.25. The van der Waals surface area contributed by atoms with Crippen LogP contribution in [-0.2, 0) is 9.59 Å². The second-order valence-electron chi connectivity index (χ2n) is 5.20. The molecule has 1 fully saturated rings. The quantitative estimate of drug-likeness (QED) is 0.821. The molecule has 0 radical (unpaired) electrons. The monoisotopic (exact) mass is 255 g/mol. The first-order chi connectivity index (χ1) is 8.65. The third-order valence-corrected chi connectivity index (χ3v) is 3.59. The molecule has 0 bridgehead atoms. The normalized spacial score (nSPS) is 17.8. The average molecular weight is 255 g/mol. The molecule has 0 aromatic carbocycles. The fourth-order valence-electron chi connectivity index (χ4n) is 2.66. The highest BCUT2D eigenvalue weighted by atomic mass is 16.4. The number of rotatable bonds is 5. The van der Waals surface area contributed by atoms with Crippen LogP contribution in [0.3, 0.4) is 0 Å². The highest BCUT2D eigenvalue weighted by Crippen LogP contribution is 2.24. The van der Waals surface area contributed by atoms with Gasteiger partial charge in [-0.15, -0.1) is 0 Å². The van der Waals surface area contributed by atoms with Crippen LogP contribution < -0.4 is 0 Å². The second-order valence-corrected chi connectivity index (χ2v) is 5.20. The smallest absolute Gasteiger partial charge is 0.323 e. The van der Waals surface area contributed by atoms with E-state index in [2.05, 4.69) is 0 Å². The molecule has 4 nitrogen and oxygen atoms in total. The third kappa shape index (κ3) is 5.07. The first-order valence-electron chi connectivity index (χ1n) is 7.15. The summed E-state index contributed by atoms with van der Waals surface area (Å²) in [5.74, 6) is -0.806. The molecule has 4 heteroatoms. The van der Waals surface area contributed by atoms with Crippen molar-refractivity contribution in [1.29, 1.82) is 0 Å². The van der Waals surface area contributed by atoms with Crippen molar-refractivity contribution in [2.24, 2.45) is 5.92 Å². The van der Waals surface area contributed by atoms with E-state index in [0.29, 0.717) is 6.54 Å². The number of carbonyl (C=O) groups is 2. The van der Waals surface area contributed by atoms with Gasteiger partial charge in [0.15, 0.2) is 0 Å². The maximum absolute atomic E-state index is 12.4. The van der Waals surface area contributed by atoms with E-state index >= 15 is 0 Å². The van der Waals surface area contributed by atoms with Crippen LogP contribution in [0.1, 0.15) is 58.3 Å². The van der Waals surface area contributed by atoms with Gasteiger partial charge in [0.25, 0.3) is 0 Å². The SMILES string of the molecule is CCCN(CC(=O)O)C(=O)C1CCCCCCC1. The number of nitrogens with zero attached hydrogens (tertiary/aromatic N) is 1. The molecular weight excluding hydrogens is 230 g/mol. The van der Waals surface area contributed by atoms with Crippen molar-refractivity contribution in [3.05, 3.63) is 0 Å². The number of amides is 1. The molecule has 1 N–H and O–H groups in total. The Bertz CT molecular complexity index is 270. The van der Waals surface area contributed by atoms with Crippen LogP contribution in [0.4, 0.5) is 0 Å². The lowest BCUT2D eigenvalue weighted by Crippen LogP contribution is -2.40. The summed E-state index contributed by atoms with van der Waals surface area (Å²) in [6, 6.07) is 0. The molecule has 1 aliphatic rings. The summed E-state index contributed by atoms with van der Waals surface area (Å²) < 4.78 is 0. The second kappa shape index (κ2) is 8.11. The molecule has 1 rings (SSSR count). The van der Waals surface area contributed by atoms with Crippen molar-refractivity contribution in [2.45, 2.75) is 58.3 Å². The lowest BCUT2D eigenvalue weighted by molar-refractivity contribution is -0.146. The van der Waals surface area contributed by atoms with Gasteiger partial charge in [0.1, 0.15) is 6.54 Å². The zero-order valence-corrected chi connectivity index (χ0v) is 11.4. The molecule has 0 aromatic heterocycles. The molecule has 104 valence electrons. The molecule has 0 saturated heterocycles. The van der Waals surface area contributed by atoms with E-state index in [-0.39, 0.29) is 18.4 Å². The topological polar surface area (TPSA) is 57.6 Å². The lowest BCUT2D eigenvalue weighted by Gasteiger charge is -2.26. The van der Waals surface area contributed by atoms with Gasteiger partial charge in [-0.1, -0.05) is 39.0 Å². The van der Waals surface area contributed by atoms with Crippen molar-refractivity contribution >= 4 is 11.9 Å². The van der Waals surface area contributed by atoms with Crippen LogP contribution >= 0.6 is 0 Å². The molecule has 1 saturated carbocycles. The van der Waals surface area contributed by atoms with E-state index in [1.54, 1.807) is 0 Å². The Labute approximate surface area is 109 Å². The summed E-state index contributed by atoms with van der Waals surface area (Å²) in [6.07, 6.45) is 8.55. The zero-order valence-electron chi connectivity index (χ0n) is 11.4. The lowest BCUT2D eigenvalue weighted by atomic mass is 9.90. The fourth-order valence-corrected chi connectivity index (χ4v) is 2.66. The van der Waals surface area contributed by atoms with Crippen molar-refractivity contribution in [2.75, 3.05) is 13.1 Å². The number of carboxylic acids is 1. The van der Waals surface area contributed by atoms with Gasteiger partial charge < -0.3 is 10.0 Å². The highest BCUT2D eigenvalue weighted by molar-refractivity contribution is 5.83. The van der Waals surface area contributed by atoms with Gasteiger partial charge in [0.2, 0.25) is 5.91 Å². The van der Waals surface area contributed by atoms with Gasteiger partial charge in [-0.25, -0.2) is 0 Å². The Morgan fingerprint density at radius 1 is 1.11 bits per heavy atom. The Balaban J connectivity index is 2.58. The van der Waals surface area contributed by atoms with Crippen LogP contribution in [0.5, 0.6) is 0 Å². The maximum Gasteiger partial charge on any atom is 0.323 e. The first kappa shape index (κ1) is 15.0. The maximum atomic E-state index is 12.4. The first-order valence-corrected chi connectivity index (χ1v) is 7.15. The van der Waals surface area contributed by atoms with E-state index in [9.17, 15) is 9.59 Å². The van der Waals surface area contributed by atoms with Crippen molar-refractivity contribution in [3.63, 3.8) is 0 Å². The molecule has 0 unspecified atom stereocenters. The minimum Gasteiger partial charge on any atom is -0.480 e. The summed E-state index contributed by atoms with van der Waals surface area (Å²) in [7, 11) is 0. The summed E-state index contributed by atoms with van der Waals surface area (Å²) in [5.41, 5.74) is 0. The van der Waals surface area contributed by atoms with Crippen molar-refractivity contribution in [3.8, 4) is 0 Å². The molecule has 0 heterocycles. The number of carbonyl (C=O) groups excluding carboxylic acids is 1. The van der Waals surface area contributed by atoms with E-state index in [1.807, 2.05) is 6.92 Å². The van der Waals surface area contributed by atoms with Gasteiger partial charge >= 0.3 is 5.97 Å². The largest absolute Gasteiger partial charge is 0.480 e. The Kier molecular flexibility index (Phi) is 6.76. The predicted octanol–water partition coefficient (Wildman–Crippen LogP) is 2.67. The van der Waals surface area contributed by atoms with Crippen LogP contribution in [0, 0.1) is 5.92 Å². The molecule has 0 spiro atoms. The molecule has 1 aliphatic carbocycles.